The van der Waals surface area contributed by atoms with Crippen LogP contribution in [0.5, 0.6) is 0 Å². The first-order chi connectivity index (χ1) is 18.3. The number of ether oxygens (including phenoxy) is 1. The van der Waals surface area contributed by atoms with Crippen molar-refractivity contribution in [1.82, 2.24) is 14.2 Å². The van der Waals surface area contributed by atoms with Crippen molar-refractivity contribution in [2.45, 2.75) is 31.1 Å². The molecule has 204 valence electrons. The summed E-state index contributed by atoms with van der Waals surface area (Å²) in [6.07, 6.45) is 1.84. The number of amides is 1. The molecule has 2 fully saturated rings. The summed E-state index contributed by atoms with van der Waals surface area (Å²) < 4.78 is 35.3. The van der Waals surface area contributed by atoms with E-state index in [0.717, 1.165) is 59.5 Å². The molecule has 3 aromatic rings. The smallest absolute Gasteiger partial charge is 0.243 e. The summed E-state index contributed by atoms with van der Waals surface area (Å²) in [4.78, 5) is 23.2. The Morgan fingerprint density at radius 2 is 1.82 bits per heavy atom. The largest absolute Gasteiger partial charge is 0.379 e. The topological polar surface area (TPSA) is 83.1 Å². The van der Waals surface area contributed by atoms with E-state index in [0.29, 0.717) is 42.5 Å². The second kappa shape index (κ2) is 12.1. The molecule has 5 rings (SSSR count). The van der Waals surface area contributed by atoms with Gasteiger partial charge in [-0.1, -0.05) is 45.0 Å². The molecule has 8 nitrogen and oxygen atoms in total. The van der Waals surface area contributed by atoms with Crippen LogP contribution in [0.2, 0.25) is 0 Å². The number of rotatable bonds is 8. The first-order valence-electron chi connectivity index (χ1n) is 13.1. The molecule has 0 N–H and O–H groups in total. The number of hydrogen-bond acceptors (Lipinski definition) is 7. The van der Waals surface area contributed by atoms with Gasteiger partial charge in [-0.15, -0.1) is 0 Å². The molecule has 2 aliphatic rings. The second-order valence-electron chi connectivity index (χ2n) is 9.90. The highest BCUT2D eigenvalue weighted by atomic mass is 79.9. The fourth-order valence-corrected chi connectivity index (χ4v) is 8.02. The van der Waals surface area contributed by atoms with E-state index < -0.39 is 10.0 Å². The van der Waals surface area contributed by atoms with Crippen LogP contribution in [-0.4, -0.2) is 81.0 Å². The average molecular weight is 622 g/mol. The summed E-state index contributed by atoms with van der Waals surface area (Å²) in [7, 11) is -3.57. The Balaban J connectivity index is 1.29. The number of hydrogen-bond donors (Lipinski definition) is 0. The predicted molar refractivity (Wildman–Crippen MR) is 154 cm³/mol. The number of nitrogens with zero attached hydrogens (tertiary/aromatic N) is 4. The van der Waals surface area contributed by atoms with Gasteiger partial charge in [-0.3, -0.25) is 14.6 Å². The Hall–Kier alpha value is -1.89. The molecule has 38 heavy (non-hydrogen) atoms. The lowest BCUT2D eigenvalue weighted by Crippen LogP contribution is -2.45. The highest BCUT2D eigenvalue weighted by Crippen LogP contribution is 2.33. The summed E-state index contributed by atoms with van der Waals surface area (Å²) in [6, 6.07) is 12.9. The molecule has 11 heteroatoms. The van der Waals surface area contributed by atoms with Crippen molar-refractivity contribution in [3.05, 3.63) is 52.5 Å². The van der Waals surface area contributed by atoms with Crippen LogP contribution in [-0.2, 0) is 19.6 Å². The quantitative estimate of drug-likeness (QED) is 0.368. The lowest BCUT2D eigenvalue weighted by molar-refractivity contribution is -0.123. The summed E-state index contributed by atoms with van der Waals surface area (Å²) in [5.41, 5.74) is 1.89. The van der Waals surface area contributed by atoms with Crippen LogP contribution in [0.4, 0.5) is 5.13 Å². The van der Waals surface area contributed by atoms with E-state index >= 15 is 0 Å². The first kappa shape index (κ1) is 27.7. The first-order valence-corrected chi connectivity index (χ1v) is 16.1. The van der Waals surface area contributed by atoms with E-state index in [4.69, 9.17) is 9.72 Å². The predicted octanol–water partition coefficient (Wildman–Crippen LogP) is 4.52. The van der Waals surface area contributed by atoms with E-state index in [1.165, 1.54) is 15.6 Å². The van der Waals surface area contributed by atoms with Crippen LogP contribution < -0.4 is 4.90 Å². The molecule has 0 atom stereocenters. The Bertz CT molecular complexity index is 1370. The van der Waals surface area contributed by atoms with E-state index in [1.54, 1.807) is 12.1 Å². The molecular weight excluding hydrogens is 588 g/mol. The van der Waals surface area contributed by atoms with Gasteiger partial charge in [0.1, 0.15) is 0 Å². The Morgan fingerprint density at radius 1 is 1.11 bits per heavy atom. The number of aryl methyl sites for hydroxylation is 1. The summed E-state index contributed by atoms with van der Waals surface area (Å²) in [6.45, 7) is 7.41. The van der Waals surface area contributed by atoms with E-state index in [2.05, 4.69) is 20.8 Å². The van der Waals surface area contributed by atoms with Gasteiger partial charge in [0.15, 0.2) is 5.13 Å². The summed E-state index contributed by atoms with van der Waals surface area (Å²) >= 11 is 5.05. The number of halogens is 1. The molecule has 1 aromatic heterocycles. The zero-order valence-electron chi connectivity index (χ0n) is 21.5. The van der Waals surface area contributed by atoms with Gasteiger partial charge in [-0.05, 0) is 56.5 Å². The molecule has 0 spiro atoms. The normalized spacial score (nSPS) is 18.2. The van der Waals surface area contributed by atoms with Gasteiger partial charge in [0.05, 0.1) is 28.3 Å². The van der Waals surface area contributed by atoms with Crippen molar-refractivity contribution in [3.63, 3.8) is 0 Å². The van der Waals surface area contributed by atoms with E-state index in [-0.39, 0.29) is 11.8 Å². The lowest BCUT2D eigenvalue weighted by atomic mass is 9.96. The minimum absolute atomic E-state index is 0.0393. The maximum absolute atomic E-state index is 13.9. The maximum atomic E-state index is 13.9. The van der Waals surface area contributed by atoms with Crippen molar-refractivity contribution in [2.75, 3.05) is 57.4 Å². The van der Waals surface area contributed by atoms with Gasteiger partial charge >= 0.3 is 0 Å². The van der Waals surface area contributed by atoms with Crippen molar-refractivity contribution < 1.29 is 17.9 Å². The lowest BCUT2D eigenvalue weighted by Gasteiger charge is -2.33. The van der Waals surface area contributed by atoms with Crippen LogP contribution in [0.1, 0.15) is 24.8 Å². The third kappa shape index (κ3) is 6.29. The number of piperidine rings is 1. The van der Waals surface area contributed by atoms with E-state index in [9.17, 15) is 13.2 Å². The Labute approximate surface area is 236 Å². The fourth-order valence-electron chi connectivity index (χ4n) is 5.00. The van der Waals surface area contributed by atoms with Gasteiger partial charge < -0.3 is 4.74 Å². The Kier molecular flexibility index (Phi) is 8.81. The molecule has 0 aliphatic carbocycles. The monoisotopic (exact) mass is 620 g/mol. The van der Waals surface area contributed by atoms with Gasteiger partial charge in [-0.2, -0.15) is 4.31 Å². The standard InChI is InChI=1S/C27H33BrN4O4S2/c1-20-3-6-23(7-4-20)38(34,35)31-13-9-21(10-14-31)26(33)32(12-2-11-30-15-17-36-18-16-30)27-29-24-8-5-22(28)19-25(24)37-27/h3-8,19,21H,2,9-18H2,1H3. The Morgan fingerprint density at radius 3 is 2.53 bits per heavy atom. The number of thiazole rings is 1. The fraction of sp³-hybridized carbons (Fsp3) is 0.481. The number of carbonyl (C=O) groups is 1. The van der Waals surface area contributed by atoms with Crippen LogP contribution in [0.25, 0.3) is 10.2 Å². The summed E-state index contributed by atoms with van der Waals surface area (Å²) in [5.74, 6) is -0.195. The maximum Gasteiger partial charge on any atom is 0.243 e. The van der Waals surface area contributed by atoms with Crippen molar-refractivity contribution in [2.24, 2.45) is 5.92 Å². The molecule has 0 bridgehead atoms. The number of sulfonamides is 1. The van der Waals surface area contributed by atoms with Crippen LogP contribution in [0.15, 0.2) is 51.8 Å². The molecule has 1 amide bonds. The highest BCUT2D eigenvalue weighted by molar-refractivity contribution is 9.10. The van der Waals surface area contributed by atoms with Gasteiger partial charge in [0, 0.05) is 49.7 Å². The minimum Gasteiger partial charge on any atom is -0.379 e. The molecule has 2 saturated heterocycles. The zero-order chi connectivity index (χ0) is 26.7. The average Bonchev–Trinajstić information content (AvgIpc) is 3.34. The van der Waals surface area contributed by atoms with Crippen molar-refractivity contribution >= 4 is 58.5 Å². The van der Waals surface area contributed by atoms with Crippen LogP contribution in [0.3, 0.4) is 0 Å². The minimum atomic E-state index is -3.57. The third-order valence-electron chi connectivity index (χ3n) is 7.26. The van der Waals surface area contributed by atoms with Crippen molar-refractivity contribution in [3.8, 4) is 0 Å². The van der Waals surface area contributed by atoms with Gasteiger partial charge in [-0.25, -0.2) is 13.4 Å². The highest BCUT2D eigenvalue weighted by Gasteiger charge is 2.35. The SMILES string of the molecule is Cc1ccc(S(=O)(=O)N2CCC(C(=O)N(CCCN3CCOCC3)c3nc4ccc(Br)cc4s3)CC2)cc1. The summed E-state index contributed by atoms with van der Waals surface area (Å²) in [5, 5.41) is 0.708. The van der Waals surface area contributed by atoms with Gasteiger partial charge in [0.2, 0.25) is 15.9 Å². The second-order valence-corrected chi connectivity index (χ2v) is 13.8. The molecule has 0 radical (unpaired) electrons. The van der Waals surface area contributed by atoms with E-state index in [1.807, 2.05) is 42.2 Å². The van der Waals surface area contributed by atoms with Crippen molar-refractivity contribution in [1.29, 1.82) is 0 Å². The molecular formula is C27H33BrN4O4S2. The van der Waals surface area contributed by atoms with Crippen LogP contribution >= 0.6 is 27.3 Å². The molecule has 0 unspecified atom stereocenters. The number of carbonyl (C=O) groups excluding carboxylic acids is 1. The number of anilines is 1. The van der Waals surface area contributed by atoms with Crippen LogP contribution in [0, 0.1) is 12.8 Å². The number of aromatic nitrogens is 1. The number of benzene rings is 2. The number of fused-ring (bicyclic) bond motifs is 1. The molecule has 0 saturated carbocycles. The molecule has 2 aromatic carbocycles. The molecule has 3 heterocycles. The van der Waals surface area contributed by atoms with Gasteiger partial charge in [0.25, 0.3) is 0 Å². The number of morpholine rings is 1. The zero-order valence-corrected chi connectivity index (χ0v) is 24.7. The third-order valence-corrected chi connectivity index (χ3v) is 10.7. The molecule has 2 aliphatic heterocycles.